The normalized spacial score (nSPS) is 14.2. The molecule has 1 amide bonds. The molecule has 2 aromatic heterocycles. The second-order valence-electron chi connectivity index (χ2n) is 7.26. The van der Waals surface area contributed by atoms with Gasteiger partial charge in [-0.25, -0.2) is 18.7 Å². The Morgan fingerprint density at radius 3 is 2.41 bits per heavy atom. The number of amides is 1. The standard InChI is InChI=1S/C21H16ClF2N7O/c22-14-2-4-15(5-3-14)31-20-18(27-28-31)19(25-12-26-20)29-7-9-30(10-8-29)21(32)13-1-6-16(23)17(24)11-13/h1-6,11-12H,7-10H2. The molecular formula is C21H16ClF2N7O. The molecule has 1 saturated heterocycles. The van der Waals surface area contributed by atoms with Gasteiger partial charge in [0, 0.05) is 36.8 Å². The predicted molar refractivity (Wildman–Crippen MR) is 114 cm³/mol. The van der Waals surface area contributed by atoms with Crippen LogP contribution in [0.4, 0.5) is 14.6 Å². The van der Waals surface area contributed by atoms with Crippen molar-refractivity contribution >= 4 is 34.5 Å². The number of hydrogen-bond donors (Lipinski definition) is 0. The lowest BCUT2D eigenvalue weighted by atomic mass is 10.1. The molecule has 0 atom stereocenters. The summed E-state index contributed by atoms with van der Waals surface area (Å²) in [6.45, 7) is 1.79. The van der Waals surface area contributed by atoms with E-state index in [1.807, 2.05) is 17.0 Å². The number of piperazine rings is 1. The first-order chi connectivity index (χ1) is 15.5. The summed E-state index contributed by atoms with van der Waals surface area (Å²) in [6, 6.07) is 10.3. The van der Waals surface area contributed by atoms with Crippen molar-refractivity contribution in [1.29, 1.82) is 0 Å². The molecule has 0 radical (unpaired) electrons. The maximum absolute atomic E-state index is 13.5. The van der Waals surface area contributed by atoms with Gasteiger partial charge in [-0.1, -0.05) is 16.8 Å². The molecule has 0 bridgehead atoms. The van der Waals surface area contributed by atoms with E-state index in [0.717, 1.165) is 17.8 Å². The smallest absolute Gasteiger partial charge is 0.254 e. The Morgan fingerprint density at radius 1 is 0.938 bits per heavy atom. The van der Waals surface area contributed by atoms with Gasteiger partial charge in [-0.05, 0) is 42.5 Å². The van der Waals surface area contributed by atoms with E-state index in [-0.39, 0.29) is 11.5 Å². The molecule has 0 unspecified atom stereocenters. The van der Waals surface area contributed by atoms with E-state index in [0.29, 0.717) is 48.2 Å². The third-order valence-electron chi connectivity index (χ3n) is 5.32. The van der Waals surface area contributed by atoms with Crippen LogP contribution in [0.3, 0.4) is 0 Å². The molecule has 162 valence electrons. The molecule has 32 heavy (non-hydrogen) atoms. The lowest BCUT2D eigenvalue weighted by Crippen LogP contribution is -2.49. The number of benzene rings is 2. The summed E-state index contributed by atoms with van der Waals surface area (Å²) in [5.74, 6) is -1.74. The minimum Gasteiger partial charge on any atom is -0.351 e. The Bertz CT molecular complexity index is 1300. The van der Waals surface area contributed by atoms with Crippen LogP contribution in [-0.2, 0) is 0 Å². The monoisotopic (exact) mass is 455 g/mol. The van der Waals surface area contributed by atoms with Gasteiger partial charge in [-0.2, -0.15) is 4.68 Å². The van der Waals surface area contributed by atoms with Gasteiger partial charge >= 0.3 is 0 Å². The highest BCUT2D eigenvalue weighted by molar-refractivity contribution is 6.30. The van der Waals surface area contributed by atoms with Crippen LogP contribution in [0, 0.1) is 11.6 Å². The van der Waals surface area contributed by atoms with Crippen LogP contribution in [0.2, 0.25) is 5.02 Å². The van der Waals surface area contributed by atoms with Crippen molar-refractivity contribution in [1.82, 2.24) is 29.9 Å². The van der Waals surface area contributed by atoms with Crippen LogP contribution < -0.4 is 4.90 Å². The van der Waals surface area contributed by atoms with Gasteiger partial charge in [0.15, 0.2) is 28.6 Å². The number of carbonyl (C=O) groups is 1. The van der Waals surface area contributed by atoms with Crippen molar-refractivity contribution in [3.05, 3.63) is 71.0 Å². The molecule has 5 rings (SSSR count). The van der Waals surface area contributed by atoms with Gasteiger partial charge < -0.3 is 9.80 Å². The van der Waals surface area contributed by atoms with E-state index in [9.17, 15) is 13.6 Å². The topological polar surface area (TPSA) is 80.0 Å². The zero-order valence-electron chi connectivity index (χ0n) is 16.6. The number of carbonyl (C=O) groups excluding carboxylic acids is 1. The fraction of sp³-hybridized carbons (Fsp3) is 0.190. The SMILES string of the molecule is O=C(c1ccc(F)c(F)c1)N1CCN(c2ncnc3c2nnn3-c2ccc(Cl)cc2)CC1. The zero-order valence-corrected chi connectivity index (χ0v) is 17.4. The lowest BCUT2D eigenvalue weighted by molar-refractivity contribution is 0.0746. The molecule has 2 aromatic carbocycles. The molecule has 3 heterocycles. The first kappa shape index (κ1) is 20.3. The van der Waals surface area contributed by atoms with Gasteiger partial charge in [0.05, 0.1) is 5.69 Å². The Labute approximate surface area is 186 Å². The van der Waals surface area contributed by atoms with E-state index in [2.05, 4.69) is 20.3 Å². The maximum Gasteiger partial charge on any atom is 0.254 e. The second kappa shape index (κ2) is 8.12. The molecule has 8 nitrogen and oxygen atoms in total. The summed E-state index contributed by atoms with van der Waals surface area (Å²) in [5, 5.41) is 9.10. The highest BCUT2D eigenvalue weighted by Gasteiger charge is 2.26. The fourth-order valence-corrected chi connectivity index (χ4v) is 3.78. The van der Waals surface area contributed by atoms with Crippen LogP contribution in [0.1, 0.15) is 10.4 Å². The number of aromatic nitrogens is 5. The van der Waals surface area contributed by atoms with Gasteiger partial charge in [-0.15, -0.1) is 5.10 Å². The Hall–Kier alpha value is -3.66. The van der Waals surface area contributed by atoms with E-state index in [1.54, 1.807) is 21.7 Å². The highest BCUT2D eigenvalue weighted by atomic mass is 35.5. The van der Waals surface area contributed by atoms with Crippen LogP contribution in [-0.4, -0.2) is 61.9 Å². The van der Waals surface area contributed by atoms with Crippen LogP contribution in [0.5, 0.6) is 0 Å². The number of hydrogen-bond acceptors (Lipinski definition) is 6. The van der Waals surface area contributed by atoms with Gasteiger partial charge in [0.2, 0.25) is 0 Å². The Kier molecular flexibility index (Phi) is 5.14. The molecule has 0 spiro atoms. The van der Waals surface area contributed by atoms with Gasteiger partial charge in [0.25, 0.3) is 5.91 Å². The van der Waals surface area contributed by atoms with Crippen molar-refractivity contribution in [2.24, 2.45) is 0 Å². The molecule has 0 aliphatic carbocycles. The molecule has 0 N–H and O–H groups in total. The molecule has 0 saturated carbocycles. The molecular weight excluding hydrogens is 440 g/mol. The van der Waals surface area contributed by atoms with Crippen molar-refractivity contribution in [3.63, 3.8) is 0 Å². The number of fused-ring (bicyclic) bond motifs is 1. The quantitative estimate of drug-likeness (QED) is 0.472. The average molecular weight is 456 g/mol. The fourth-order valence-electron chi connectivity index (χ4n) is 3.66. The summed E-state index contributed by atoms with van der Waals surface area (Å²) >= 11 is 5.97. The van der Waals surface area contributed by atoms with Crippen LogP contribution in [0.15, 0.2) is 48.8 Å². The molecule has 4 aromatic rings. The maximum atomic E-state index is 13.5. The molecule has 1 fully saturated rings. The molecule has 11 heteroatoms. The summed E-state index contributed by atoms with van der Waals surface area (Å²) in [7, 11) is 0. The first-order valence-corrected chi connectivity index (χ1v) is 10.2. The number of anilines is 1. The minimum absolute atomic E-state index is 0.118. The summed E-state index contributed by atoms with van der Waals surface area (Å²) in [5.41, 5.74) is 1.98. The Morgan fingerprint density at radius 2 is 1.69 bits per heavy atom. The second-order valence-corrected chi connectivity index (χ2v) is 7.69. The van der Waals surface area contributed by atoms with Gasteiger partial charge in [0.1, 0.15) is 6.33 Å². The first-order valence-electron chi connectivity index (χ1n) is 9.83. The number of nitrogens with zero attached hydrogens (tertiary/aromatic N) is 7. The zero-order chi connectivity index (χ0) is 22.2. The third-order valence-corrected chi connectivity index (χ3v) is 5.57. The van der Waals surface area contributed by atoms with E-state index in [4.69, 9.17) is 11.6 Å². The largest absolute Gasteiger partial charge is 0.351 e. The third kappa shape index (κ3) is 3.62. The summed E-state index contributed by atoms with van der Waals surface area (Å²) < 4.78 is 28.3. The van der Waals surface area contributed by atoms with Gasteiger partial charge in [-0.3, -0.25) is 4.79 Å². The molecule has 1 aliphatic rings. The van der Waals surface area contributed by atoms with Crippen molar-refractivity contribution in [3.8, 4) is 5.69 Å². The summed E-state index contributed by atoms with van der Waals surface area (Å²) in [6.07, 6.45) is 1.45. The average Bonchev–Trinajstić information content (AvgIpc) is 3.25. The van der Waals surface area contributed by atoms with Crippen LogP contribution >= 0.6 is 11.6 Å². The van der Waals surface area contributed by atoms with E-state index >= 15 is 0 Å². The highest BCUT2D eigenvalue weighted by Crippen LogP contribution is 2.24. The summed E-state index contributed by atoms with van der Waals surface area (Å²) in [4.78, 5) is 25.0. The van der Waals surface area contributed by atoms with Crippen molar-refractivity contribution in [2.75, 3.05) is 31.1 Å². The van der Waals surface area contributed by atoms with E-state index in [1.165, 1.54) is 12.4 Å². The molecule has 1 aliphatic heterocycles. The van der Waals surface area contributed by atoms with Crippen molar-refractivity contribution in [2.45, 2.75) is 0 Å². The van der Waals surface area contributed by atoms with E-state index < -0.39 is 11.6 Å². The number of rotatable bonds is 3. The predicted octanol–water partition coefficient (Wildman–Crippen LogP) is 3.10. The van der Waals surface area contributed by atoms with Crippen LogP contribution in [0.25, 0.3) is 16.9 Å². The lowest BCUT2D eigenvalue weighted by Gasteiger charge is -2.35. The number of halogens is 3. The Balaban J connectivity index is 1.35. The minimum atomic E-state index is -1.04. The van der Waals surface area contributed by atoms with Crippen molar-refractivity contribution < 1.29 is 13.6 Å².